The number of para-hydroxylation sites is 1. The molecule has 3 N–H and O–H groups in total. The third kappa shape index (κ3) is 2.73. The van der Waals surface area contributed by atoms with Gasteiger partial charge in [0.25, 0.3) is 0 Å². The molecule has 2 aromatic carbocycles. The summed E-state index contributed by atoms with van der Waals surface area (Å²) >= 11 is 0. The Morgan fingerprint density at radius 1 is 0.895 bits per heavy atom. The summed E-state index contributed by atoms with van der Waals surface area (Å²) in [5.41, 5.74) is 14.4. The van der Waals surface area contributed by atoms with E-state index in [9.17, 15) is 0 Å². The predicted molar refractivity (Wildman–Crippen MR) is 83.6 cm³/mol. The Kier molecular flexibility index (Phi) is 3.79. The van der Waals surface area contributed by atoms with Crippen molar-refractivity contribution in [1.29, 1.82) is 0 Å². The Morgan fingerprint density at radius 3 is 2.32 bits per heavy atom. The molecular formula is C17H22N2. The lowest BCUT2D eigenvalue weighted by Gasteiger charge is -2.15. The van der Waals surface area contributed by atoms with Crippen LogP contribution in [0.1, 0.15) is 27.8 Å². The van der Waals surface area contributed by atoms with Gasteiger partial charge in [-0.2, -0.15) is 0 Å². The van der Waals surface area contributed by atoms with E-state index in [-0.39, 0.29) is 0 Å². The molecule has 0 unspecified atom stereocenters. The maximum atomic E-state index is 6.02. The van der Waals surface area contributed by atoms with Gasteiger partial charge in [-0.3, -0.25) is 0 Å². The molecule has 0 aliphatic heterocycles. The summed E-state index contributed by atoms with van der Waals surface area (Å²) in [6, 6.07) is 10.4. The highest BCUT2D eigenvalue weighted by Gasteiger charge is 2.06. The van der Waals surface area contributed by atoms with Crippen LogP contribution in [0.5, 0.6) is 0 Å². The van der Waals surface area contributed by atoms with Crippen LogP contribution in [0.4, 0.5) is 11.4 Å². The molecule has 2 nitrogen and oxygen atoms in total. The fourth-order valence-corrected chi connectivity index (χ4v) is 2.32. The minimum atomic E-state index is 0.807. The number of nitrogens with two attached hydrogens (primary N) is 1. The highest BCUT2D eigenvalue weighted by Crippen LogP contribution is 2.24. The van der Waals surface area contributed by atoms with Crippen molar-refractivity contribution < 1.29 is 0 Å². The van der Waals surface area contributed by atoms with Crippen molar-refractivity contribution in [2.24, 2.45) is 0 Å². The number of hydrogen-bond acceptors (Lipinski definition) is 2. The molecule has 0 radical (unpaired) electrons. The predicted octanol–water partition coefficient (Wildman–Crippen LogP) is 4.11. The molecule has 0 amide bonds. The monoisotopic (exact) mass is 254 g/mol. The van der Waals surface area contributed by atoms with E-state index in [2.05, 4.69) is 51.2 Å². The van der Waals surface area contributed by atoms with Gasteiger partial charge < -0.3 is 11.1 Å². The Bertz CT molecular complexity index is 580. The van der Waals surface area contributed by atoms with Crippen molar-refractivity contribution in [1.82, 2.24) is 0 Å². The molecule has 0 aromatic heterocycles. The molecule has 0 heterocycles. The van der Waals surface area contributed by atoms with Gasteiger partial charge in [-0.1, -0.05) is 24.3 Å². The largest absolute Gasteiger partial charge is 0.397 e. The number of nitrogens with one attached hydrogen (secondary N) is 1. The minimum Gasteiger partial charge on any atom is -0.397 e. The first-order valence-corrected chi connectivity index (χ1v) is 6.65. The Morgan fingerprint density at radius 2 is 1.63 bits per heavy atom. The van der Waals surface area contributed by atoms with E-state index >= 15 is 0 Å². The average Bonchev–Trinajstić information content (AvgIpc) is 2.38. The van der Waals surface area contributed by atoms with Gasteiger partial charge in [0.05, 0.1) is 11.4 Å². The molecule has 0 saturated carbocycles. The van der Waals surface area contributed by atoms with Crippen LogP contribution in [0.3, 0.4) is 0 Å². The second-order valence-electron chi connectivity index (χ2n) is 5.18. The first-order chi connectivity index (χ1) is 9.00. The van der Waals surface area contributed by atoms with Gasteiger partial charge in [-0.15, -0.1) is 0 Å². The zero-order valence-electron chi connectivity index (χ0n) is 12.2. The van der Waals surface area contributed by atoms with Crippen LogP contribution in [0.2, 0.25) is 0 Å². The van der Waals surface area contributed by atoms with E-state index in [4.69, 9.17) is 5.73 Å². The van der Waals surface area contributed by atoms with Crippen molar-refractivity contribution >= 4 is 11.4 Å². The number of nitrogen functional groups attached to an aromatic ring is 1. The van der Waals surface area contributed by atoms with Crippen LogP contribution < -0.4 is 11.1 Å². The normalized spacial score (nSPS) is 10.5. The van der Waals surface area contributed by atoms with Gasteiger partial charge in [-0.05, 0) is 61.6 Å². The maximum Gasteiger partial charge on any atom is 0.0606 e. The third-order valence-corrected chi connectivity index (χ3v) is 3.93. The van der Waals surface area contributed by atoms with Gasteiger partial charge in [0.1, 0.15) is 0 Å². The summed E-state index contributed by atoms with van der Waals surface area (Å²) in [6.45, 7) is 9.39. The molecule has 0 aliphatic carbocycles. The van der Waals surface area contributed by atoms with Crippen LogP contribution in [-0.2, 0) is 6.54 Å². The minimum absolute atomic E-state index is 0.807. The van der Waals surface area contributed by atoms with Gasteiger partial charge in [0, 0.05) is 6.54 Å². The van der Waals surface area contributed by atoms with Gasteiger partial charge in [-0.25, -0.2) is 0 Å². The highest BCUT2D eigenvalue weighted by atomic mass is 14.9. The van der Waals surface area contributed by atoms with Gasteiger partial charge in [0.2, 0.25) is 0 Å². The van der Waals surface area contributed by atoms with E-state index in [0.717, 1.165) is 17.9 Å². The smallest absolute Gasteiger partial charge is 0.0606 e. The van der Waals surface area contributed by atoms with Crippen molar-refractivity contribution in [3.8, 4) is 0 Å². The highest BCUT2D eigenvalue weighted by molar-refractivity contribution is 5.70. The van der Waals surface area contributed by atoms with Gasteiger partial charge in [0.15, 0.2) is 0 Å². The zero-order chi connectivity index (χ0) is 14.0. The summed E-state index contributed by atoms with van der Waals surface area (Å²) in [5.74, 6) is 0. The van der Waals surface area contributed by atoms with Crippen LogP contribution >= 0.6 is 0 Å². The summed E-state index contributed by atoms with van der Waals surface area (Å²) < 4.78 is 0. The average molecular weight is 254 g/mol. The number of benzene rings is 2. The quantitative estimate of drug-likeness (QED) is 0.809. The molecule has 0 spiro atoms. The summed E-state index contributed by atoms with van der Waals surface area (Å²) in [6.07, 6.45) is 0. The molecule has 0 bridgehead atoms. The zero-order valence-corrected chi connectivity index (χ0v) is 12.2. The topological polar surface area (TPSA) is 38.0 Å². The molecule has 19 heavy (non-hydrogen) atoms. The van der Waals surface area contributed by atoms with Crippen molar-refractivity contribution in [3.05, 3.63) is 58.1 Å². The molecule has 100 valence electrons. The van der Waals surface area contributed by atoms with Crippen molar-refractivity contribution in [3.63, 3.8) is 0 Å². The first-order valence-electron chi connectivity index (χ1n) is 6.65. The molecule has 2 heteroatoms. The first kappa shape index (κ1) is 13.5. The van der Waals surface area contributed by atoms with Crippen LogP contribution in [-0.4, -0.2) is 0 Å². The molecule has 0 saturated heterocycles. The molecule has 2 rings (SSSR count). The van der Waals surface area contributed by atoms with Crippen LogP contribution in [0.25, 0.3) is 0 Å². The van der Waals surface area contributed by atoms with Crippen molar-refractivity contribution in [2.75, 3.05) is 11.1 Å². The lowest BCUT2D eigenvalue weighted by atomic mass is 9.99. The third-order valence-electron chi connectivity index (χ3n) is 3.93. The molecule has 0 fully saturated rings. The lowest BCUT2D eigenvalue weighted by molar-refractivity contribution is 1.09. The number of rotatable bonds is 3. The van der Waals surface area contributed by atoms with Crippen molar-refractivity contribution in [2.45, 2.75) is 34.2 Å². The Balaban J connectivity index is 2.22. The van der Waals surface area contributed by atoms with Gasteiger partial charge >= 0.3 is 0 Å². The summed E-state index contributed by atoms with van der Waals surface area (Å²) in [7, 11) is 0. The van der Waals surface area contributed by atoms with E-state index in [1.54, 1.807) is 0 Å². The molecule has 0 aliphatic rings. The fraction of sp³-hybridized carbons (Fsp3) is 0.294. The maximum absolute atomic E-state index is 6.02. The second kappa shape index (κ2) is 5.35. The summed E-state index contributed by atoms with van der Waals surface area (Å²) in [4.78, 5) is 0. The van der Waals surface area contributed by atoms with E-state index in [1.165, 1.54) is 27.8 Å². The molecular weight excluding hydrogens is 232 g/mol. The van der Waals surface area contributed by atoms with Crippen LogP contribution in [0.15, 0.2) is 30.3 Å². The standard InChI is InChI=1S/C17H22N2/c1-11-8-9-15(14(4)13(11)3)10-19-17-12(2)6-5-7-16(17)18/h5-9,19H,10,18H2,1-4H3. The second-order valence-corrected chi connectivity index (χ2v) is 5.18. The SMILES string of the molecule is Cc1ccc(CNc2c(C)cccc2N)c(C)c1C. The number of aryl methyl sites for hydroxylation is 2. The molecule has 0 atom stereocenters. The molecule has 2 aromatic rings. The van der Waals surface area contributed by atoms with E-state index in [0.29, 0.717) is 0 Å². The van der Waals surface area contributed by atoms with Crippen LogP contribution in [0, 0.1) is 27.7 Å². The number of anilines is 2. The number of hydrogen-bond donors (Lipinski definition) is 2. The Hall–Kier alpha value is -1.96. The lowest BCUT2D eigenvalue weighted by Crippen LogP contribution is -2.06. The van der Waals surface area contributed by atoms with E-state index < -0.39 is 0 Å². The summed E-state index contributed by atoms with van der Waals surface area (Å²) in [5, 5.41) is 3.46. The van der Waals surface area contributed by atoms with E-state index in [1.807, 2.05) is 12.1 Å². The fourth-order valence-electron chi connectivity index (χ4n) is 2.32. The Labute approximate surface area is 115 Å².